The van der Waals surface area contributed by atoms with Crippen LogP contribution in [0.4, 0.5) is 5.69 Å². The van der Waals surface area contributed by atoms with Crippen molar-refractivity contribution in [3.05, 3.63) is 29.8 Å². The van der Waals surface area contributed by atoms with Crippen molar-refractivity contribution in [3.8, 4) is 0 Å². The van der Waals surface area contributed by atoms with Crippen molar-refractivity contribution in [1.82, 2.24) is 5.32 Å². The number of para-hydroxylation sites is 1. The van der Waals surface area contributed by atoms with Crippen molar-refractivity contribution in [2.75, 3.05) is 18.0 Å². The smallest absolute Gasteiger partial charge is 0.320 e. The van der Waals surface area contributed by atoms with Crippen LogP contribution in [0.2, 0.25) is 0 Å². The Balaban J connectivity index is 2.03. The zero-order valence-corrected chi connectivity index (χ0v) is 10.9. The van der Waals surface area contributed by atoms with Crippen LogP contribution in [-0.4, -0.2) is 36.1 Å². The second-order valence-electron chi connectivity index (χ2n) is 4.72. The van der Waals surface area contributed by atoms with Crippen molar-refractivity contribution in [3.63, 3.8) is 0 Å². The number of aryl methyl sites for hydroxylation is 1. The van der Waals surface area contributed by atoms with E-state index in [4.69, 9.17) is 5.11 Å². The minimum absolute atomic E-state index is 0.0435. The molecule has 0 radical (unpaired) electrons. The van der Waals surface area contributed by atoms with E-state index < -0.39 is 12.0 Å². The van der Waals surface area contributed by atoms with Crippen molar-refractivity contribution < 1.29 is 14.7 Å². The second-order valence-corrected chi connectivity index (χ2v) is 4.72. The van der Waals surface area contributed by atoms with E-state index in [-0.39, 0.29) is 12.5 Å². The molecule has 1 aromatic carbocycles. The van der Waals surface area contributed by atoms with E-state index in [0.717, 1.165) is 18.5 Å². The number of nitrogens with zero attached hydrogens (tertiary/aromatic N) is 1. The lowest BCUT2D eigenvalue weighted by atomic mass is 10.0. The fourth-order valence-electron chi connectivity index (χ4n) is 2.22. The van der Waals surface area contributed by atoms with Gasteiger partial charge in [0.2, 0.25) is 5.91 Å². The van der Waals surface area contributed by atoms with Crippen molar-refractivity contribution in [2.24, 2.45) is 0 Å². The molecule has 19 heavy (non-hydrogen) atoms. The van der Waals surface area contributed by atoms with Gasteiger partial charge < -0.3 is 10.0 Å². The number of benzene rings is 1. The maximum absolute atomic E-state index is 12.2. The summed E-state index contributed by atoms with van der Waals surface area (Å²) in [6, 6.07) is 7.13. The number of hydrogen-bond donors (Lipinski definition) is 2. The number of anilines is 1. The highest BCUT2D eigenvalue weighted by atomic mass is 16.4. The molecule has 0 aromatic heterocycles. The summed E-state index contributed by atoms with van der Waals surface area (Å²) in [6.07, 6.45) is 1.93. The maximum atomic E-state index is 12.2. The first-order valence-corrected chi connectivity index (χ1v) is 6.44. The fraction of sp³-hybridized carbons (Fsp3) is 0.429. The van der Waals surface area contributed by atoms with Crippen molar-refractivity contribution >= 4 is 17.6 Å². The second kappa shape index (κ2) is 5.84. The zero-order chi connectivity index (χ0) is 13.8. The van der Waals surface area contributed by atoms with E-state index in [1.807, 2.05) is 24.3 Å². The number of hydrogen-bond acceptors (Lipinski definition) is 3. The van der Waals surface area contributed by atoms with Gasteiger partial charge in [-0.05, 0) is 31.4 Å². The number of amides is 1. The summed E-state index contributed by atoms with van der Waals surface area (Å²) in [5.74, 6) is -1.04. The first-order chi connectivity index (χ1) is 9.09. The molecule has 1 aromatic rings. The summed E-state index contributed by atoms with van der Waals surface area (Å²) in [7, 11) is 0. The molecule has 102 valence electrons. The Morgan fingerprint density at radius 1 is 1.42 bits per heavy atom. The van der Waals surface area contributed by atoms with Gasteiger partial charge in [0, 0.05) is 12.2 Å². The monoisotopic (exact) mass is 262 g/mol. The third-order valence-electron chi connectivity index (χ3n) is 3.34. The number of nitrogens with one attached hydrogen (secondary N) is 1. The Morgan fingerprint density at radius 3 is 2.89 bits per heavy atom. The molecular weight excluding hydrogens is 244 g/mol. The Morgan fingerprint density at radius 2 is 2.16 bits per heavy atom. The van der Waals surface area contributed by atoms with Crippen LogP contribution < -0.4 is 10.2 Å². The van der Waals surface area contributed by atoms with E-state index in [0.29, 0.717) is 6.54 Å². The summed E-state index contributed by atoms with van der Waals surface area (Å²) in [5.41, 5.74) is 2.12. The molecule has 0 saturated carbocycles. The molecule has 1 atom stereocenters. The highest BCUT2D eigenvalue weighted by molar-refractivity contribution is 5.96. The van der Waals surface area contributed by atoms with Gasteiger partial charge >= 0.3 is 5.97 Å². The minimum Gasteiger partial charge on any atom is -0.480 e. The molecule has 0 saturated heterocycles. The van der Waals surface area contributed by atoms with Crippen LogP contribution in [0.3, 0.4) is 0 Å². The molecule has 1 amide bonds. The Hall–Kier alpha value is -1.88. The quantitative estimate of drug-likeness (QED) is 0.850. The van der Waals surface area contributed by atoms with E-state index in [9.17, 15) is 9.59 Å². The molecule has 0 fully saturated rings. The SMILES string of the molecule is CC(NCC(=O)N1CCCc2ccccc21)C(=O)O. The van der Waals surface area contributed by atoms with Gasteiger partial charge in [-0.2, -0.15) is 0 Å². The number of rotatable bonds is 4. The largest absolute Gasteiger partial charge is 0.480 e. The predicted octanol–water partition coefficient (Wildman–Crippen LogP) is 1.03. The predicted molar refractivity (Wildman–Crippen MR) is 72.2 cm³/mol. The molecule has 1 aliphatic heterocycles. The molecule has 0 aliphatic carbocycles. The van der Waals surface area contributed by atoms with Gasteiger partial charge in [-0.15, -0.1) is 0 Å². The number of carboxylic acid groups (broad SMARTS) is 1. The molecule has 1 aliphatic rings. The van der Waals surface area contributed by atoms with Crippen molar-refractivity contribution in [2.45, 2.75) is 25.8 Å². The number of fused-ring (bicyclic) bond motifs is 1. The van der Waals surface area contributed by atoms with Crippen LogP contribution in [0.15, 0.2) is 24.3 Å². The van der Waals surface area contributed by atoms with Gasteiger partial charge in [-0.25, -0.2) is 0 Å². The van der Waals surface area contributed by atoms with E-state index in [2.05, 4.69) is 5.32 Å². The lowest BCUT2D eigenvalue weighted by Gasteiger charge is -2.29. The summed E-state index contributed by atoms with van der Waals surface area (Å²) < 4.78 is 0. The number of carbonyl (C=O) groups excluding carboxylic acids is 1. The van der Waals surface area contributed by atoms with Gasteiger partial charge in [0.1, 0.15) is 6.04 Å². The lowest BCUT2D eigenvalue weighted by molar-refractivity contribution is -0.139. The van der Waals surface area contributed by atoms with Crippen LogP contribution in [-0.2, 0) is 16.0 Å². The molecule has 0 bridgehead atoms. The molecule has 2 rings (SSSR count). The standard InChI is InChI=1S/C14H18N2O3/c1-10(14(18)19)15-9-13(17)16-8-4-6-11-5-2-3-7-12(11)16/h2-3,5,7,10,15H,4,6,8-9H2,1H3,(H,18,19). The Labute approximate surface area is 112 Å². The average Bonchev–Trinajstić information content (AvgIpc) is 2.43. The lowest BCUT2D eigenvalue weighted by Crippen LogP contribution is -2.45. The van der Waals surface area contributed by atoms with Crippen LogP contribution >= 0.6 is 0 Å². The van der Waals surface area contributed by atoms with Crippen molar-refractivity contribution in [1.29, 1.82) is 0 Å². The highest BCUT2D eigenvalue weighted by Gasteiger charge is 2.22. The molecule has 2 N–H and O–H groups in total. The first kappa shape index (κ1) is 13.5. The van der Waals surface area contributed by atoms with Gasteiger partial charge in [0.25, 0.3) is 0 Å². The van der Waals surface area contributed by atoms with Crippen LogP contribution in [0.25, 0.3) is 0 Å². The van der Waals surface area contributed by atoms with Gasteiger partial charge in [0.15, 0.2) is 0 Å². The van der Waals surface area contributed by atoms with Crippen LogP contribution in [0, 0.1) is 0 Å². The average molecular weight is 262 g/mol. The molecular formula is C14H18N2O3. The molecule has 1 heterocycles. The first-order valence-electron chi connectivity index (χ1n) is 6.44. The Bertz CT molecular complexity index is 487. The zero-order valence-electron chi connectivity index (χ0n) is 10.9. The molecule has 1 unspecified atom stereocenters. The summed E-state index contributed by atoms with van der Waals surface area (Å²) in [5, 5.41) is 11.5. The molecule has 5 heteroatoms. The maximum Gasteiger partial charge on any atom is 0.320 e. The van der Waals surface area contributed by atoms with E-state index in [1.54, 1.807) is 4.90 Å². The van der Waals surface area contributed by atoms with Gasteiger partial charge in [-0.1, -0.05) is 18.2 Å². The van der Waals surface area contributed by atoms with Crippen LogP contribution in [0.5, 0.6) is 0 Å². The molecule has 5 nitrogen and oxygen atoms in total. The summed E-state index contributed by atoms with van der Waals surface area (Å²) >= 11 is 0. The topological polar surface area (TPSA) is 69.6 Å². The van der Waals surface area contributed by atoms with E-state index >= 15 is 0 Å². The van der Waals surface area contributed by atoms with Gasteiger partial charge in [0.05, 0.1) is 6.54 Å². The van der Waals surface area contributed by atoms with Gasteiger partial charge in [-0.3, -0.25) is 14.9 Å². The Kier molecular flexibility index (Phi) is 4.16. The highest BCUT2D eigenvalue weighted by Crippen LogP contribution is 2.26. The third kappa shape index (κ3) is 3.12. The third-order valence-corrected chi connectivity index (χ3v) is 3.34. The van der Waals surface area contributed by atoms with Crippen LogP contribution in [0.1, 0.15) is 18.9 Å². The summed E-state index contributed by atoms with van der Waals surface area (Å²) in [4.78, 5) is 24.6. The number of aliphatic carboxylic acids is 1. The molecule has 0 spiro atoms. The number of carboxylic acids is 1. The summed E-state index contributed by atoms with van der Waals surface area (Å²) in [6.45, 7) is 2.26. The fourth-order valence-corrected chi connectivity index (χ4v) is 2.22. The van der Waals surface area contributed by atoms with E-state index in [1.165, 1.54) is 12.5 Å². The normalized spacial score (nSPS) is 15.7. The number of carbonyl (C=O) groups is 2. The minimum atomic E-state index is -0.952.